The van der Waals surface area contributed by atoms with Gasteiger partial charge < -0.3 is 15.4 Å². The molecule has 2 aromatic carbocycles. The van der Waals surface area contributed by atoms with E-state index in [2.05, 4.69) is 15.6 Å². The van der Waals surface area contributed by atoms with Gasteiger partial charge in [0.25, 0.3) is 0 Å². The van der Waals surface area contributed by atoms with Gasteiger partial charge in [-0.05, 0) is 55.3 Å². The molecule has 0 aliphatic heterocycles. The third-order valence-corrected chi connectivity index (χ3v) is 8.90. The fraction of sp³-hybridized carbons (Fsp3) is 0.385. The van der Waals surface area contributed by atoms with E-state index in [-0.39, 0.29) is 28.4 Å². The van der Waals surface area contributed by atoms with Crippen LogP contribution in [0.1, 0.15) is 32.1 Å². The van der Waals surface area contributed by atoms with Crippen LogP contribution in [-0.2, 0) is 14.8 Å². The molecule has 1 aromatic heterocycles. The second-order valence-electron chi connectivity index (χ2n) is 8.94. The second kappa shape index (κ2) is 12.3. The Labute approximate surface area is 227 Å². The van der Waals surface area contributed by atoms with Crippen molar-refractivity contribution in [3.05, 3.63) is 58.7 Å². The molecule has 0 bridgehead atoms. The molecule has 8 nitrogen and oxygen atoms in total. The minimum Gasteiger partial charge on any atom is -0.495 e. The van der Waals surface area contributed by atoms with Crippen LogP contribution in [-0.4, -0.2) is 56.4 Å². The van der Waals surface area contributed by atoms with Gasteiger partial charge in [-0.15, -0.1) is 0 Å². The van der Waals surface area contributed by atoms with Crippen LogP contribution in [0.25, 0.3) is 10.9 Å². The van der Waals surface area contributed by atoms with Gasteiger partial charge >= 0.3 is 0 Å². The van der Waals surface area contributed by atoms with Crippen molar-refractivity contribution >= 4 is 55.7 Å². The summed E-state index contributed by atoms with van der Waals surface area (Å²) in [5.41, 5.74) is 1.65. The number of hydrogen-bond acceptors (Lipinski definition) is 6. The number of methoxy groups -OCH3 is 1. The molecule has 1 amide bonds. The Morgan fingerprint density at radius 2 is 1.86 bits per heavy atom. The fourth-order valence-electron chi connectivity index (χ4n) is 4.59. The average molecular weight is 566 g/mol. The predicted octanol–water partition coefficient (Wildman–Crippen LogP) is 5.10. The molecule has 1 aliphatic rings. The van der Waals surface area contributed by atoms with Crippen LogP contribution in [0.15, 0.2) is 53.6 Å². The highest BCUT2D eigenvalue weighted by molar-refractivity contribution is 7.89. The number of aromatic nitrogens is 1. The number of benzene rings is 2. The smallest absolute Gasteiger partial charge is 0.243 e. The number of sulfonamides is 1. The number of rotatable bonds is 10. The van der Waals surface area contributed by atoms with Crippen LogP contribution in [0, 0.1) is 0 Å². The summed E-state index contributed by atoms with van der Waals surface area (Å²) in [4.78, 5) is 17.3. The van der Waals surface area contributed by atoms with Crippen molar-refractivity contribution in [1.82, 2.24) is 14.6 Å². The number of hydrogen-bond donors (Lipinski definition) is 2. The molecule has 2 N–H and O–H groups in total. The third-order valence-electron chi connectivity index (χ3n) is 6.48. The van der Waals surface area contributed by atoms with Gasteiger partial charge in [0.15, 0.2) is 0 Å². The Kier molecular flexibility index (Phi) is 9.13. The molecule has 37 heavy (non-hydrogen) atoms. The van der Waals surface area contributed by atoms with E-state index < -0.39 is 10.0 Å². The first-order valence-corrected chi connectivity index (χ1v) is 14.4. The number of anilines is 1. The van der Waals surface area contributed by atoms with Gasteiger partial charge in [-0.1, -0.05) is 42.5 Å². The lowest BCUT2D eigenvalue weighted by atomic mass is 9.95. The summed E-state index contributed by atoms with van der Waals surface area (Å²) >= 11 is 12.3. The lowest BCUT2D eigenvalue weighted by Gasteiger charge is -2.33. The van der Waals surface area contributed by atoms with Gasteiger partial charge in [0, 0.05) is 41.4 Å². The minimum atomic E-state index is -3.95. The van der Waals surface area contributed by atoms with Crippen LogP contribution in [0.5, 0.6) is 5.75 Å². The first-order chi connectivity index (χ1) is 17.8. The van der Waals surface area contributed by atoms with Crippen LogP contribution < -0.4 is 15.4 Å². The fourth-order valence-corrected chi connectivity index (χ4v) is 6.75. The number of nitrogens with one attached hydrogen (secondary N) is 2. The molecule has 0 unspecified atom stereocenters. The number of amides is 1. The highest BCUT2D eigenvalue weighted by atomic mass is 35.5. The Bertz CT molecular complexity index is 1360. The molecular weight excluding hydrogens is 535 g/mol. The van der Waals surface area contributed by atoms with Crippen LogP contribution in [0.3, 0.4) is 0 Å². The highest BCUT2D eigenvalue weighted by Crippen LogP contribution is 2.32. The molecule has 1 aliphatic carbocycles. The van der Waals surface area contributed by atoms with Gasteiger partial charge in [-0.25, -0.2) is 8.42 Å². The summed E-state index contributed by atoms with van der Waals surface area (Å²) in [6.45, 7) is 0.522. The zero-order valence-corrected chi connectivity index (χ0v) is 22.9. The summed E-state index contributed by atoms with van der Waals surface area (Å²) < 4.78 is 33.7. The molecule has 0 spiro atoms. The molecule has 1 fully saturated rings. The zero-order chi connectivity index (χ0) is 26.4. The molecule has 4 rings (SSSR count). The van der Waals surface area contributed by atoms with E-state index in [1.165, 1.54) is 29.6 Å². The predicted molar refractivity (Wildman–Crippen MR) is 147 cm³/mol. The maximum atomic E-state index is 13.6. The average Bonchev–Trinajstić information content (AvgIpc) is 2.90. The van der Waals surface area contributed by atoms with Crippen molar-refractivity contribution in [2.45, 2.75) is 43.0 Å². The van der Waals surface area contributed by atoms with Gasteiger partial charge in [0.1, 0.15) is 5.75 Å². The van der Waals surface area contributed by atoms with Gasteiger partial charge in [0.2, 0.25) is 15.9 Å². The van der Waals surface area contributed by atoms with Gasteiger partial charge in [-0.3, -0.25) is 9.78 Å². The number of nitrogens with zero attached hydrogens (tertiary/aromatic N) is 2. The third kappa shape index (κ3) is 6.65. The maximum Gasteiger partial charge on any atom is 0.243 e. The lowest BCUT2D eigenvalue weighted by Crippen LogP contribution is -2.47. The monoisotopic (exact) mass is 564 g/mol. The Hall–Kier alpha value is -2.59. The number of pyridine rings is 1. The lowest BCUT2D eigenvalue weighted by molar-refractivity contribution is -0.121. The van der Waals surface area contributed by atoms with Crippen molar-refractivity contribution in [1.29, 1.82) is 0 Å². The van der Waals surface area contributed by atoms with Gasteiger partial charge in [-0.2, -0.15) is 4.31 Å². The van der Waals surface area contributed by atoms with E-state index in [1.807, 2.05) is 12.1 Å². The first-order valence-electron chi connectivity index (χ1n) is 12.2. The molecule has 0 radical (unpaired) electrons. The standard InChI is InChI=1S/C26H30Cl2N4O4S/c1-36-25-10-8-20(16-22(25)28)37(34,35)32(19-5-3-2-4-6-19)17-26(33)31-14-13-30-23-11-12-29-24-15-18(27)7-9-21(23)24/h7-12,15-16,19H,2-6,13-14,17H2,1H3,(H,29,30)(H,31,33). The molecule has 1 saturated carbocycles. The Balaban J connectivity index is 1.41. The first kappa shape index (κ1) is 27.4. The summed E-state index contributed by atoms with van der Waals surface area (Å²) in [5, 5.41) is 7.87. The highest BCUT2D eigenvalue weighted by Gasteiger charge is 2.34. The van der Waals surface area contributed by atoms with E-state index in [4.69, 9.17) is 27.9 Å². The van der Waals surface area contributed by atoms with Crippen molar-refractivity contribution in [2.24, 2.45) is 0 Å². The van der Waals surface area contributed by atoms with Crippen molar-refractivity contribution in [2.75, 3.05) is 32.1 Å². The van der Waals surface area contributed by atoms with E-state index in [1.54, 1.807) is 18.3 Å². The van der Waals surface area contributed by atoms with E-state index in [9.17, 15) is 13.2 Å². The van der Waals surface area contributed by atoms with Crippen molar-refractivity contribution in [3.8, 4) is 5.75 Å². The van der Waals surface area contributed by atoms with Crippen LogP contribution in [0.2, 0.25) is 10.0 Å². The summed E-state index contributed by atoms with van der Waals surface area (Å²) in [6, 6.07) is 11.5. The molecule has 3 aromatic rings. The Morgan fingerprint density at radius 1 is 1.08 bits per heavy atom. The summed E-state index contributed by atoms with van der Waals surface area (Å²) in [6.07, 6.45) is 6.05. The second-order valence-corrected chi connectivity index (χ2v) is 11.7. The van der Waals surface area contributed by atoms with E-state index >= 15 is 0 Å². The minimum absolute atomic E-state index is 0.0445. The number of ether oxygens (including phenoxy) is 1. The number of halogens is 2. The van der Waals surface area contributed by atoms with Crippen molar-refractivity contribution < 1.29 is 17.9 Å². The molecule has 0 atom stereocenters. The summed E-state index contributed by atoms with van der Waals surface area (Å²) in [7, 11) is -2.48. The number of carbonyl (C=O) groups excluding carboxylic acids is 1. The molecular formula is C26H30Cl2N4O4S. The zero-order valence-electron chi connectivity index (χ0n) is 20.5. The Morgan fingerprint density at radius 3 is 2.59 bits per heavy atom. The summed E-state index contributed by atoms with van der Waals surface area (Å²) in [5.74, 6) is 0.0297. The maximum absolute atomic E-state index is 13.6. The van der Waals surface area contributed by atoms with Gasteiger partial charge in [0.05, 0.1) is 29.1 Å². The van der Waals surface area contributed by atoms with E-state index in [0.29, 0.717) is 23.9 Å². The number of fused-ring (bicyclic) bond motifs is 1. The topological polar surface area (TPSA) is 101 Å². The molecule has 11 heteroatoms. The molecule has 1 heterocycles. The quantitative estimate of drug-likeness (QED) is 0.332. The van der Waals surface area contributed by atoms with E-state index in [0.717, 1.165) is 48.7 Å². The van der Waals surface area contributed by atoms with Crippen LogP contribution in [0.4, 0.5) is 5.69 Å². The SMILES string of the molecule is COc1ccc(S(=O)(=O)N(CC(=O)NCCNc2ccnc3cc(Cl)ccc23)C2CCCCC2)cc1Cl. The number of carbonyl (C=O) groups is 1. The molecule has 198 valence electrons. The largest absolute Gasteiger partial charge is 0.495 e. The normalized spacial score (nSPS) is 14.6. The van der Waals surface area contributed by atoms with Crippen LogP contribution >= 0.6 is 23.2 Å². The van der Waals surface area contributed by atoms with Crippen molar-refractivity contribution in [3.63, 3.8) is 0 Å². The molecule has 0 saturated heterocycles.